The van der Waals surface area contributed by atoms with Crippen LogP contribution in [-0.2, 0) is 4.74 Å². The number of allylic oxidation sites excluding steroid dienone is 2. The van der Waals surface area contributed by atoms with Crippen molar-refractivity contribution < 1.29 is 4.74 Å². The highest BCUT2D eigenvalue weighted by Gasteiger charge is 2.67. The van der Waals surface area contributed by atoms with Gasteiger partial charge in [-0.1, -0.05) is 24.3 Å². The third-order valence-corrected chi connectivity index (χ3v) is 5.67. The molecule has 0 amide bonds. The van der Waals surface area contributed by atoms with Gasteiger partial charge in [0, 0.05) is 23.4 Å². The molecule has 0 aromatic rings. The van der Waals surface area contributed by atoms with Gasteiger partial charge >= 0.3 is 0 Å². The molecule has 3 heteroatoms. The maximum atomic E-state index is 6.41. The summed E-state index contributed by atoms with van der Waals surface area (Å²) in [6, 6.07) is 0.461. The molecule has 0 aromatic heterocycles. The molecule has 2 aliphatic carbocycles. The van der Waals surface area contributed by atoms with Gasteiger partial charge in [0.2, 0.25) is 0 Å². The zero-order chi connectivity index (χ0) is 10.8. The van der Waals surface area contributed by atoms with E-state index in [0.717, 1.165) is 19.8 Å². The molecule has 5 aliphatic rings. The summed E-state index contributed by atoms with van der Waals surface area (Å²) in [5.74, 6) is 0.665. The minimum absolute atomic E-state index is 0.157. The van der Waals surface area contributed by atoms with Crippen LogP contribution in [0.1, 0.15) is 12.8 Å². The van der Waals surface area contributed by atoms with Crippen molar-refractivity contribution in [2.24, 2.45) is 16.7 Å². The summed E-state index contributed by atoms with van der Waals surface area (Å²) in [6.07, 6.45) is 11.7. The molecule has 4 atom stereocenters. The summed E-state index contributed by atoms with van der Waals surface area (Å²) < 4.78 is 7.91. The Kier molecular flexibility index (Phi) is 1.77. The Morgan fingerprint density at radius 1 is 1.12 bits per heavy atom. The first kappa shape index (κ1) is 9.69. The molecule has 4 fully saturated rings. The van der Waals surface area contributed by atoms with E-state index < -0.39 is 0 Å². The molecule has 3 aliphatic heterocycles. The fraction of sp³-hybridized carbons (Fsp3) is 0.692. The number of hydrogen-bond acceptors (Lipinski definition) is 2. The first-order valence-corrected chi connectivity index (χ1v) is 6.50. The zero-order valence-electron chi connectivity index (χ0n) is 9.23. The second-order valence-corrected chi connectivity index (χ2v) is 6.10. The molecule has 0 spiro atoms. The Balaban J connectivity index is 1.93. The van der Waals surface area contributed by atoms with Gasteiger partial charge in [-0.2, -0.15) is 0 Å². The average Bonchev–Trinajstić information content (AvgIpc) is 2.71. The summed E-state index contributed by atoms with van der Waals surface area (Å²) in [7, 11) is 0. The first-order valence-electron chi connectivity index (χ1n) is 6.16. The molecule has 2 unspecified atom stereocenters. The molecule has 2 nitrogen and oxygen atoms in total. The highest BCUT2D eigenvalue weighted by molar-refractivity contribution is 6.13. The molecular formula is C13H16ClNO. The molecular weight excluding hydrogens is 222 g/mol. The van der Waals surface area contributed by atoms with E-state index in [4.69, 9.17) is 16.5 Å². The van der Waals surface area contributed by atoms with Crippen molar-refractivity contribution in [1.29, 1.82) is 0 Å². The summed E-state index contributed by atoms with van der Waals surface area (Å²) in [6.45, 7) is 2.76. The molecule has 0 radical (unpaired) electrons. The van der Waals surface area contributed by atoms with Crippen molar-refractivity contribution in [3.63, 3.8) is 0 Å². The van der Waals surface area contributed by atoms with Crippen LogP contribution in [0.4, 0.5) is 0 Å². The van der Waals surface area contributed by atoms with Crippen molar-refractivity contribution >= 4 is 11.8 Å². The van der Waals surface area contributed by atoms with E-state index in [0.29, 0.717) is 12.0 Å². The smallest absolute Gasteiger partial charge is 0.0582 e. The number of nitrogens with zero attached hydrogens (tertiary/aromatic N) is 1. The summed E-state index contributed by atoms with van der Waals surface area (Å²) in [5.41, 5.74) is 0.403. The summed E-state index contributed by atoms with van der Waals surface area (Å²) in [5, 5.41) is 0. The Bertz CT molecular complexity index is 393. The summed E-state index contributed by atoms with van der Waals surface area (Å²) in [4.78, 5) is 0. The Hall–Kier alpha value is -0.310. The Morgan fingerprint density at radius 3 is 2.69 bits per heavy atom. The quantitative estimate of drug-likeness (QED) is 0.600. The number of halogens is 1. The SMILES string of the molecule is ClN1CC2CC[C@H]1[C@]13C=CC=CC21COC3. The van der Waals surface area contributed by atoms with E-state index in [1.54, 1.807) is 0 Å². The first-order chi connectivity index (χ1) is 7.79. The van der Waals surface area contributed by atoms with Crippen LogP contribution in [0, 0.1) is 16.7 Å². The van der Waals surface area contributed by atoms with Crippen molar-refractivity contribution in [2.45, 2.75) is 18.9 Å². The maximum Gasteiger partial charge on any atom is 0.0582 e. The second kappa shape index (κ2) is 2.92. The van der Waals surface area contributed by atoms with Crippen LogP contribution >= 0.6 is 11.8 Å². The third-order valence-electron chi connectivity index (χ3n) is 5.29. The predicted octanol–water partition coefficient (Wildman–Crippen LogP) is 2.36. The number of fused-ring (bicyclic) bond motifs is 2. The highest BCUT2D eigenvalue weighted by Crippen LogP contribution is 2.64. The van der Waals surface area contributed by atoms with Gasteiger partial charge in [0.15, 0.2) is 0 Å². The lowest BCUT2D eigenvalue weighted by Crippen LogP contribution is -2.65. The van der Waals surface area contributed by atoms with Gasteiger partial charge in [0.25, 0.3) is 0 Å². The third kappa shape index (κ3) is 0.858. The Labute approximate surface area is 101 Å². The van der Waals surface area contributed by atoms with Gasteiger partial charge < -0.3 is 4.74 Å². The molecule has 3 heterocycles. The average molecular weight is 238 g/mol. The van der Waals surface area contributed by atoms with Crippen LogP contribution in [0.5, 0.6) is 0 Å². The zero-order valence-corrected chi connectivity index (χ0v) is 9.99. The topological polar surface area (TPSA) is 12.5 Å². The normalized spacial score (nSPS) is 54.1. The van der Waals surface area contributed by atoms with Gasteiger partial charge in [0.1, 0.15) is 0 Å². The second-order valence-electron chi connectivity index (χ2n) is 5.66. The van der Waals surface area contributed by atoms with Gasteiger partial charge in [-0.15, -0.1) is 0 Å². The number of piperidine rings is 2. The van der Waals surface area contributed by atoms with E-state index >= 15 is 0 Å². The Morgan fingerprint density at radius 2 is 1.88 bits per heavy atom. The van der Waals surface area contributed by atoms with Crippen molar-refractivity contribution in [3.05, 3.63) is 24.3 Å². The molecule has 2 bridgehead atoms. The van der Waals surface area contributed by atoms with E-state index in [9.17, 15) is 0 Å². The van der Waals surface area contributed by atoms with E-state index in [1.807, 2.05) is 4.42 Å². The van der Waals surface area contributed by atoms with E-state index in [2.05, 4.69) is 24.3 Å². The fourth-order valence-electron chi connectivity index (χ4n) is 4.53. The predicted molar refractivity (Wildman–Crippen MR) is 63.0 cm³/mol. The maximum absolute atomic E-state index is 6.41. The van der Waals surface area contributed by atoms with Crippen LogP contribution in [0.15, 0.2) is 24.3 Å². The molecule has 1 saturated carbocycles. The van der Waals surface area contributed by atoms with Crippen LogP contribution in [0.3, 0.4) is 0 Å². The molecule has 0 aromatic carbocycles. The lowest BCUT2D eigenvalue weighted by molar-refractivity contribution is -0.0668. The van der Waals surface area contributed by atoms with Gasteiger partial charge in [0.05, 0.1) is 13.2 Å². The minimum Gasteiger partial charge on any atom is -0.379 e. The van der Waals surface area contributed by atoms with Gasteiger partial charge in [-0.05, 0) is 30.5 Å². The fourth-order valence-corrected chi connectivity index (χ4v) is 4.96. The minimum atomic E-state index is 0.157. The molecule has 5 rings (SSSR count). The summed E-state index contributed by atoms with van der Waals surface area (Å²) >= 11 is 6.41. The number of rotatable bonds is 0. The molecule has 16 heavy (non-hydrogen) atoms. The van der Waals surface area contributed by atoms with Gasteiger partial charge in [-0.3, -0.25) is 0 Å². The lowest BCUT2D eigenvalue weighted by atomic mass is 9.48. The molecule has 0 N–H and O–H groups in total. The van der Waals surface area contributed by atoms with E-state index in [-0.39, 0.29) is 10.8 Å². The number of hydrogen-bond donors (Lipinski definition) is 0. The van der Waals surface area contributed by atoms with E-state index in [1.165, 1.54) is 12.8 Å². The largest absolute Gasteiger partial charge is 0.379 e. The van der Waals surface area contributed by atoms with Crippen molar-refractivity contribution in [1.82, 2.24) is 4.42 Å². The number of ether oxygens (including phenoxy) is 1. The van der Waals surface area contributed by atoms with Crippen molar-refractivity contribution in [3.8, 4) is 0 Å². The lowest BCUT2D eigenvalue weighted by Gasteiger charge is -2.61. The van der Waals surface area contributed by atoms with Gasteiger partial charge in [-0.25, -0.2) is 4.42 Å². The van der Waals surface area contributed by atoms with Crippen molar-refractivity contribution in [2.75, 3.05) is 19.8 Å². The standard InChI is InChI=1S/C13H16ClNO/c14-15-7-10-3-4-11(15)13-6-2-1-5-12(10,13)8-16-9-13/h1-2,5-6,10-11H,3-4,7-9H2/t10?,11-,12?,13+/m0/s1. The molecule has 3 saturated heterocycles. The van der Waals surface area contributed by atoms with Crippen LogP contribution in [-0.4, -0.2) is 30.2 Å². The van der Waals surface area contributed by atoms with Crippen LogP contribution in [0.2, 0.25) is 0 Å². The highest BCUT2D eigenvalue weighted by atomic mass is 35.5. The van der Waals surface area contributed by atoms with Crippen LogP contribution < -0.4 is 0 Å². The van der Waals surface area contributed by atoms with Crippen LogP contribution in [0.25, 0.3) is 0 Å². The monoisotopic (exact) mass is 237 g/mol. The molecule has 86 valence electrons.